The highest BCUT2D eigenvalue weighted by Crippen LogP contribution is 2.31. The lowest BCUT2D eigenvalue weighted by Crippen LogP contribution is -2.59. The first-order valence-corrected chi connectivity index (χ1v) is 10.8. The van der Waals surface area contributed by atoms with Gasteiger partial charge < -0.3 is 19.5 Å². The Morgan fingerprint density at radius 2 is 1.69 bits per heavy atom. The van der Waals surface area contributed by atoms with E-state index >= 15 is 0 Å². The van der Waals surface area contributed by atoms with Gasteiger partial charge in [-0.15, -0.1) is 0 Å². The highest BCUT2D eigenvalue weighted by Gasteiger charge is 2.49. The van der Waals surface area contributed by atoms with Gasteiger partial charge in [-0.1, -0.05) is 11.2 Å². The van der Waals surface area contributed by atoms with E-state index in [1.807, 2.05) is 5.32 Å². The monoisotopic (exact) mass is 488 g/mol. The van der Waals surface area contributed by atoms with E-state index in [1.54, 1.807) is 12.1 Å². The average molecular weight is 488 g/mol. The van der Waals surface area contributed by atoms with Crippen LogP contribution in [0.1, 0.15) is 27.1 Å². The van der Waals surface area contributed by atoms with E-state index in [9.17, 15) is 24.0 Å². The quantitative estimate of drug-likeness (QED) is 0.0909. The predicted molar refractivity (Wildman–Crippen MR) is 118 cm³/mol. The number of ether oxygens (including phenoxy) is 3. The molecular weight excluding hydrogens is 464 g/mol. The minimum absolute atomic E-state index is 0.0544. The Morgan fingerprint density at radius 1 is 1.00 bits per heavy atom. The van der Waals surface area contributed by atoms with Crippen molar-refractivity contribution in [3.05, 3.63) is 39.8 Å². The number of nitrogens with one attached hydrogen (secondary N) is 2. The van der Waals surface area contributed by atoms with Crippen molar-refractivity contribution in [3.8, 4) is 0 Å². The van der Waals surface area contributed by atoms with Gasteiger partial charge in [0.05, 0.1) is 57.2 Å². The zero-order chi connectivity index (χ0) is 25.2. The van der Waals surface area contributed by atoms with E-state index in [-0.39, 0.29) is 24.3 Å². The average Bonchev–Trinajstić information content (AvgIpc) is 3.07. The van der Waals surface area contributed by atoms with Crippen molar-refractivity contribution in [1.29, 1.82) is 0 Å². The first kappa shape index (κ1) is 25.8. The van der Waals surface area contributed by atoms with Crippen molar-refractivity contribution in [2.45, 2.75) is 12.5 Å². The number of fused-ring (bicyclic) bond motifs is 1. The van der Waals surface area contributed by atoms with E-state index in [4.69, 9.17) is 19.7 Å². The molecule has 4 amide bonds. The largest absolute Gasteiger partial charge is 0.382 e. The van der Waals surface area contributed by atoms with Crippen LogP contribution in [0.5, 0.6) is 0 Å². The second-order valence-corrected chi connectivity index (χ2v) is 7.38. The van der Waals surface area contributed by atoms with Crippen LogP contribution in [0.4, 0.5) is 5.69 Å². The fraction of sp³-hybridized carbons (Fsp3) is 0.476. The molecule has 0 radical (unpaired) electrons. The number of carbonyl (C=O) groups excluding carboxylic acids is 5. The summed E-state index contributed by atoms with van der Waals surface area (Å²) in [5, 5.41) is 8.35. The maximum atomic E-state index is 13.0. The van der Waals surface area contributed by atoms with Crippen LogP contribution < -0.4 is 10.6 Å². The van der Waals surface area contributed by atoms with Gasteiger partial charge in [-0.2, -0.15) is 0 Å². The minimum Gasteiger partial charge on any atom is -0.382 e. The number of piperidine rings is 1. The molecule has 2 heterocycles. The van der Waals surface area contributed by atoms with Crippen molar-refractivity contribution < 1.29 is 38.2 Å². The SMILES string of the molecule is [N-]=[N+]=NCCOCCOCCOCCNc1cccc2c1C(=O)N(C1C(=O)CC(=O)NC1=O)C2=O. The van der Waals surface area contributed by atoms with Gasteiger partial charge in [0, 0.05) is 23.7 Å². The Hall–Kier alpha value is -3.84. The second kappa shape index (κ2) is 12.6. The summed E-state index contributed by atoms with van der Waals surface area (Å²) >= 11 is 0. The molecule has 0 spiro atoms. The molecule has 1 unspecified atom stereocenters. The molecule has 0 saturated carbocycles. The molecule has 2 aliphatic rings. The molecule has 1 saturated heterocycles. The molecule has 186 valence electrons. The lowest BCUT2D eigenvalue weighted by atomic mass is 10.0. The number of anilines is 1. The molecule has 14 nitrogen and oxygen atoms in total. The number of hydrogen-bond donors (Lipinski definition) is 2. The number of hydrogen-bond acceptors (Lipinski definition) is 10. The van der Waals surface area contributed by atoms with Gasteiger partial charge in [0.1, 0.15) is 0 Å². The number of nitrogens with zero attached hydrogens (tertiary/aromatic N) is 4. The molecule has 2 aliphatic heterocycles. The number of Topliss-reactive ketones (excluding diaryl/α,β-unsaturated/α-hetero) is 1. The summed E-state index contributed by atoms with van der Waals surface area (Å²) in [6.45, 7) is 2.62. The lowest BCUT2D eigenvalue weighted by molar-refractivity contribution is -0.143. The summed E-state index contributed by atoms with van der Waals surface area (Å²) in [4.78, 5) is 64.8. The highest BCUT2D eigenvalue weighted by molar-refractivity contribution is 6.30. The van der Waals surface area contributed by atoms with Crippen LogP contribution >= 0.6 is 0 Å². The smallest absolute Gasteiger partial charge is 0.264 e. The molecule has 0 bridgehead atoms. The van der Waals surface area contributed by atoms with Gasteiger partial charge in [-0.25, -0.2) is 0 Å². The molecule has 0 aromatic heterocycles. The van der Waals surface area contributed by atoms with Crippen molar-refractivity contribution in [3.63, 3.8) is 0 Å². The van der Waals surface area contributed by atoms with Gasteiger partial charge >= 0.3 is 0 Å². The summed E-state index contributed by atoms with van der Waals surface area (Å²) in [5.41, 5.74) is 8.62. The Morgan fingerprint density at radius 3 is 2.37 bits per heavy atom. The van der Waals surface area contributed by atoms with Crippen LogP contribution in [0.25, 0.3) is 10.4 Å². The Kier molecular flexibility index (Phi) is 9.26. The van der Waals surface area contributed by atoms with E-state index in [2.05, 4.69) is 15.3 Å². The molecule has 1 aromatic carbocycles. The molecular formula is C21H24N6O8. The van der Waals surface area contributed by atoms with E-state index < -0.39 is 41.9 Å². The van der Waals surface area contributed by atoms with Crippen LogP contribution in [-0.4, -0.2) is 93.1 Å². The second-order valence-electron chi connectivity index (χ2n) is 7.38. The molecule has 2 N–H and O–H groups in total. The van der Waals surface area contributed by atoms with Crippen LogP contribution in [-0.2, 0) is 28.6 Å². The minimum atomic E-state index is -1.67. The zero-order valence-corrected chi connectivity index (χ0v) is 18.7. The van der Waals surface area contributed by atoms with Crippen molar-refractivity contribution in [1.82, 2.24) is 10.2 Å². The van der Waals surface area contributed by atoms with Gasteiger partial charge in [-0.3, -0.25) is 34.2 Å². The summed E-state index contributed by atoms with van der Waals surface area (Å²) in [6.07, 6.45) is -0.583. The zero-order valence-electron chi connectivity index (χ0n) is 18.7. The van der Waals surface area contributed by atoms with Crippen LogP contribution in [0.2, 0.25) is 0 Å². The third-order valence-electron chi connectivity index (χ3n) is 5.06. The highest BCUT2D eigenvalue weighted by atomic mass is 16.5. The standard InChI is InChI=1S/C21H24N6O8/c22-26-24-5-7-34-9-11-35-10-8-33-6-4-23-14-3-1-2-13-17(14)21(32)27(20(13)31)18-15(28)12-16(29)25-19(18)30/h1-3,18,23H,4-12H2,(H,25,29,30). The van der Waals surface area contributed by atoms with Crippen LogP contribution in [0, 0.1) is 0 Å². The maximum Gasteiger partial charge on any atom is 0.264 e. The van der Waals surface area contributed by atoms with Gasteiger partial charge in [0.25, 0.3) is 17.7 Å². The molecule has 1 atom stereocenters. The Bertz CT molecular complexity index is 1030. The molecule has 1 aromatic rings. The van der Waals surface area contributed by atoms with Gasteiger partial charge in [-0.05, 0) is 17.7 Å². The summed E-state index contributed by atoms with van der Waals surface area (Å²) in [5.74, 6) is -4.13. The fourth-order valence-corrected chi connectivity index (χ4v) is 3.55. The number of amides is 4. The van der Waals surface area contributed by atoms with Crippen molar-refractivity contribution >= 4 is 35.1 Å². The fourth-order valence-electron chi connectivity index (χ4n) is 3.55. The Labute approximate surface area is 199 Å². The van der Waals surface area contributed by atoms with E-state index in [0.29, 0.717) is 50.2 Å². The maximum absolute atomic E-state index is 13.0. The normalized spacial score (nSPS) is 17.3. The third kappa shape index (κ3) is 6.39. The molecule has 14 heteroatoms. The van der Waals surface area contributed by atoms with Gasteiger partial charge in [0.15, 0.2) is 11.8 Å². The summed E-state index contributed by atoms with van der Waals surface area (Å²) in [6, 6.07) is 2.94. The first-order valence-electron chi connectivity index (χ1n) is 10.8. The number of imide groups is 2. The molecule has 35 heavy (non-hydrogen) atoms. The predicted octanol–water partition coefficient (Wildman–Crippen LogP) is 0.0388. The van der Waals surface area contributed by atoms with Crippen LogP contribution in [0.3, 0.4) is 0 Å². The number of ketones is 1. The van der Waals surface area contributed by atoms with E-state index in [1.165, 1.54) is 6.07 Å². The van der Waals surface area contributed by atoms with E-state index in [0.717, 1.165) is 0 Å². The molecule has 1 fully saturated rings. The molecule has 3 rings (SSSR count). The number of carbonyl (C=O) groups is 5. The number of benzene rings is 1. The first-order chi connectivity index (χ1) is 17.0. The topological polar surface area (TPSA) is 189 Å². The molecule has 0 aliphatic carbocycles. The summed E-state index contributed by atoms with van der Waals surface area (Å²) < 4.78 is 16.0. The van der Waals surface area contributed by atoms with Crippen LogP contribution in [0.15, 0.2) is 23.3 Å². The third-order valence-corrected chi connectivity index (χ3v) is 5.06. The number of rotatable bonds is 14. The lowest BCUT2D eigenvalue weighted by Gasteiger charge is -2.26. The van der Waals surface area contributed by atoms with Crippen molar-refractivity contribution in [2.75, 3.05) is 58.0 Å². The van der Waals surface area contributed by atoms with Gasteiger partial charge in [0.2, 0.25) is 5.91 Å². The Balaban J connectivity index is 1.44. The number of azide groups is 1. The summed E-state index contributed by atoms with van der Waals surface area (Å²) in [7, 11) is 0. The van der Waals surface area contributed by atoms with Crippen molar-refractivity contribution in [2.24, 2.45) is 5.11 Å².